The molecule has 1 aromatic heterocycles. The molecule has 2 atom stereocenters. The van der Waals surface area contributed by atoms with E-state index in [0.29, 0.717) is 132 Å². The summed E-state index contributed by atoms with van der Waals surface area (Å²) in [6.07, 6.45) is 15.7. The largest absolute Gasteiger partial charge is 0.481 e. The molecule has 1 aromatic carbocycles. The number of nitriles is 2. The summed E-state index contributed by atoms with van der Waals surface area (Å²) in [5, 5.41) is 53.6. The zero-order valence-electron chi connectivity index (χ0n) is 43.4. The Bertz CT molecular complexity index is 2070. The van der Waals surface area contributed by atoms with Crippen LogP contribution in [-0.2, 0) is 42.9 Å². The highest BCUT2D eigenvalue weighted by Gasteiger charge is 2.31. The molecule has 0 spiro atoms. The molecule has 0 saturated heterocycles. The number of amides is 2. The molecule has 1 heterocycles. The molecule has 404 valence electrons. The maximum atomic E-state index is 12.6. The number of carboxylic acid groups (broad SMARTS) is 2. The van der Waals surface area contributed by atoms with Gasteiger partial charge in [-0.1, -0.05) is 64.2 Å². The zero-order chi connectivity index (χ0) is 52.5. The summed E-state index contributed by atoms with van der Waals surface area (Å²) in [4.78, 5) is 51.8. The second-order valence-corrected chi connectivity index (χ2v) is 20.1. The minimum Gasteiger partial charge on any atom is -0.481 e. The van der Waals surface area contributed by atoms with E-state index in [1.807, 2.05) is 25.1 Å². The molecule has 0 aliphatic heterocycles. The van der Waals surface area contributed by atoms with Crippen LogP contribution in [0.1, 0.15) is 137 Å². The smallest absolute Gasteiger partial charge is 0.307 e. The van der Waals surface area contributed by atoms with Gasteiger partial charge in [-0.3, -0.25) is 19.2 Å². The Balaban J connectivity index is 1.13. The van der Waals surface area contributed by atoms with Crippen LogP contribution >= 0.6 is 11.3 Å². The second kappa shape index (κ2) is 36.0. The molecule has 0 radical (unpaired) electrons. The van der Waals surface area contributed by atoms with E-state index < -0.39 is 23.8 Å². The summed E-state index contributed by atoms with van der Waals surface area (Å²) in [7, 11) is 0. The number of azo groups is 1. The number of aliphatic carboxylic acids is 2. The monoisotopic (exact) mass is 1040 g/mol. The van der Waals surface area contributed by atoms with Crippen LogP contribution in [0, 0.1) is 60.2 Å². The highest BCUT2D eigenvalue weighted by molar-refractivity contribution is 7.16. The van der Waals surface area contributed by atoms with Gasteiger partial charge in [-0.2, -0.15) is 10.5 Å². The first-order valence-corrected chi connectivity index (χ1v) is 27.4. The number of thiophene rings is 1. The van der Waals surface area contributed by atoms with Crippen molar-refractivity contribution in [2.75, 3.05) is 97.1 Å². The van der Waals surface area contributed by atoms with Crippen molar-refractivity contribution in [3.63, 3.8) is 0 Å². The van der Waals surface area contributed by atoms with Gasteiger partial charge in [-0.25, -0.2) is 0 Å². The molecule has 18 nitrogen and oxygen atoms in total. The molecule has 2 amide bonds. The van der Waals surface area contributed by atoms with Crippen molar-refractivity contribution in [2.24, 2.45) is 33.9 Å². The lowest BCUT2D eigenvalue weighted by molar-refractivity contribution is -0.147. The summed E-state index contributed by atoms with van der Waals surface area (Å²) >= 11 is 1.14. The van der Waals surface area contributed by atoms with Crippen LogP contribution in [0.4, 0.5) is 16.4 Å². The second-order valence-electron chi connectivity index (χ2n) is 19.1. The molecule has 2 aliphatic rings. The number of rotatable bonds is 34. The molecule has 4 N–H and O–H groups in total. The Labute approximate surface area is 436 Å². The van der Waals surface area contributed by atoms with Crippen molar-refractivity contribution in [3.8, 4) is 12.1 Å². The van der Waals surface area contributed by atoms with E-state index in [1.165, 1.54) is 12.8 Å². The first kappa shape index (κ1) is 60.5. The molecule has 2 aromatic rings. The fourth-order valence-electron chi connectivity index (χ4n) is 9.48. The molecule has 73 heavy (non-hydrogen) atoms. The number of ether oxygens (including phenoxy) is 5. The number of anilines is 1. The number of benzene rings is 1. The van der Waals surface area contributed by atoms with Crippen molar-refractivity contribution in [1.29, 1.82) is 10.5 Å². The van der Waals surface area contributed by atoms with Gasteiger partial charge >= 0.3 is 11.9 Å². The molecule has 4 rings (SSSR count). The van der Waals surface area contributed by atoms with Crippen molar-refractivity contribution < 1.29 is 53.1 Å². The lowest BCUT2D eigenvalue weighted by Crippen LogP contribution is -2.33. The van der Waals surface area contributed by atoms with Crippen LogP contribution in [0.25, 0.3) is 0 Å². The van der Waals surface area contributed by atoms with E-state index in [-0.39, 0.29) is 36.5 Å². The van der Waals surface area contributed by atoms with E-state index in [1.54, 1.807) is 6.92 Å². The lowest BCUT2D eigenvalue weighted by atomic mass is 9.80. The SMILES string of the molecule is Cc1cc(N(CCOCCOCCCNC(=O)CC(C(=O)O)C2CCCCCCC2)CCOCCOCCOCCCNC(=O)CC(C(=O)O)C2CCCCCCC2)ccc1N=Nc1sc(C#N)c(C)c1C#N. The van der Waals surface area contributed by atoms with Gasteiger partial charge in [0.2, 0.25) is 11.8 Å². The maximum Gasteiger partial charge on any atom is 0.307 e. The molecular formula is C54H81N7O11S. The van der Waals surface area contributed by atoms with E-state index in [4.69, 9.17) is 23.7 Å². The molecular weight excluding hydrogens is 955 g/mol. The van der Waals surface area contributed by atoms with Gasteiger partial charge in [0.1, 0.15) is 17.0 Å². The topological polar surface area (TPSA) is 254 Å². The van der Waals surface area contributed by atoms with E-state index in [9.17, 15) is 39.9 Å². The third kappa shape index (κ3) is 23.4. The van der Waals surface area contributed by atoms with Crippen molar-refractivity contribution >= 4 is 51.5 Å². The Hall–Kier alpha value is -5.02. The standard InChI is InChI=1S/C54H81N7O11S/c1-40-35-44(19-20-48(40)59-60-52-47(38-55)41(2)49(39-56)73-52)61(23-27-70-31-29-68-25-13-21-57-50(62)36-45(53(64)65)42-15-9-5-3-6-10-16-42)24-28-71-32-34-72-33-30-69-26-14-22-58-51(63)37-46(54(66)67)43-17-11-7-4-8-12-18-43/h19-20,35,42-43,45-46H,3-18,21-34,36-37H2,1-2H3,(H,57,62)(H,58,63)(H,64,65)(H,66,67). The Morgan fingerprint density at radius 2 is 1.08 bits per heavy atom. The van der Waals surface area contributed by atoms with Crippen molar-refractivity contribution in [1.82, 2.24) is 10.6 Å². The van der Waals surface area contributed by atoms with Gasteiger partial charge in [0.25, 0.3) is 0 Å². The fourth-order valence-corrected chi connectivity index (χ4v) is 10.4. The Morgan fingerprint density at radius 1 is 0.644 bits per heavy atom. The number of carboxylic acids is 2. The first-order chi connectivity index (χ1) is 35.5. The molecule has 2 saturated carbocycles. The minimum absolute atomic E-state index is 0.0101. The summed E-state index contributed by atoms with van der Waals surface area (Å²) < 4.78 is 29.0. The predicted molar refractivity (Wildman–Crippen MR) is 279 cm³/mol. The summed E-state index contributed by atoms with van der Waals surface area (Å²) in [5.41, 5.74) is 3.38. The van der Waals surface area contributed by atoms with Crippen LogP contribution in [0.3, 0.4) is 0 Å². The zero-order valence-corrected chi connectivity index (χ0v) is 44.2. The first-order valence-electron chi connectivity index (χ1n) is 26.6. The summed E-state index contributed by atoms with van der Waals surface area (Å²) in [6, 6.07) is 10.1. The van der Waals surface area contributed by atoms with Crippen LogP contribution < -0.4 is 15.5 Å². The van der Waals surface area contributed by atoms with E-state index >= 15 is 0 Å². The van der Waals surface area contributed by atoms with Gasteiger partial charge in [-0.15, -0.1) is 21.6 Å². The average molecular weight is 1040 g/mol. The van der Waals surface area contributed by atoms with Crippen molar-refractivity contribution in [3.05, 3.63) is 39.8 Å². The number of carbonyl (C=O) groups excluding carboxylic acids is 2. The predicted octanol–water partition coefficient (Wildman–Crippen LogP) is 9.33. The lowest BCUT2D eigenvalue weighted by Gasteiger charge is -2.25. The number of nitrogens with zero attached hydrogens (tertiary/aromatic N) is 5. The van der Waals surface area contributed by atoms with Gasteiger partial charge < -0.3 is 49.4 Å². The number of aryl methyl sites for hydroxylation is 1. The summed E-state index contributed by atoms with van der Waals surface area (Å²) in [5.74, 6) is -3.39. The Kier molecular flexibility index (Phi) is 29.9. The van der Waals surface area contributed by atoms with Gasteiger partial charge in [-0.05, 0) is 93.5 Å². The van der Waals surface area contributed by atoms with Crippen LogP contribution in [0.2, 0.25) is 0 Å². The number of hydrogen-bond acceptors (Lipinski definition) is 15. The highest BCUT2D eigenvalue weighted by Crippen LogP contribution is 2.37. The van der Waals surface area contributed by atoms with Crippen LogP contribution in [0.15, 0.2) is 28.4 Å². The molecule has 2 aliphatic carbocycles. The average Bonchev–Trinajstić information content (AvgIpc) is 3.66. The minimum atomic E-state index is -0.883. The van der Waals surface area contributed by atoms with Gasteiger partial charge in [0, 0.05) is 57.9 Å². The van der Waals surface area contributed by atoms with Gasteiger partial charge in [0.15, 0.2) is 5.00 Å². The van der Waals surface area contributed by atoms with Crippen LogP contribution in [-0.4, -0.2) is 126 Å². The van der Waals surface area contributed by atoms with E-state index in [0.717, 1.165) is 99.6 Å². The third-order valence-electron chi connectivity index (χ3n) is 13.7. The fraction of sp³-hybridized carbons (Fsp3) is 0.704. The molecule has 2 fully saturated rings. The Morgan fingerprint density at radius 3 is 1.51 bits per heavy atom. The molecule has 2 unspecified atom stereocenters. The molecule has 0 bridgehead atoms. The number of nitrogens with one attached hydrogen (secondary N) is 2. The quantitative estimate of drug-likeness (QED) is 0.0376. The summed E-state index contributed by atoms with van der Waals surface area (Å²) in [6.45, 7) is 9.66. The molecule has 19 heteroatoms. The van der Waals surface area contributed by atoms with Crippen molar-refractivity contribution in [2.45, 2.75) is 129 Å². The third-order valence-corrected chi connectivity index (χ3v) is 14.8. The van der Waals surface area contributed by atoms with Crippen LogP contribution in [0.5, 0.6) is 0 Å². The maximum absolute atomic E-state index is 12.6. The highest BCUT2D eigenvalue weighted by atomic mass is 32.1. The van der Waals surface area contributed by atoms with Gasteiger partial charge in [0.05, 0.1) is 75.9 Å². The number of hydrogen-bond donors (Lipinski definition) is 4. The van der Waals surface area contributed by atoms with E-state index in [2.05, 4.69) is 37.9 Å². The number of carbonyl (C=O) groups is 4. The normalized spacial score (nSPS) is 15.8.